The highest BCUT2D eigenvalue weighted by Gasteiger charge is 2.51. The Morgan fingerprint density at radius 3 is 2.42 bits per heavy atom. The van der Waals surface area contributed by atoms with Gasteiger partial charge in [-0.05, 0) is 39.5 Å². The minimum Gasteiger partial charge on any atom is -0.300 e. The van der Waals surface area contributed by atoms with Crippen LogP contribution in [0.25, 0.3) is 0 Å². The molecule has 2 saturated heterocycles. The third-order valence-electron chi connectivity index (χ3n) is 3.66. The number of nitrogens with one attached hydrogen (secondary N) is 1. The van der Waals surface area contributed by atoms with Crippen LogP contribution in [0.2, 0.25) is 0 Å². The van der Waals surface area contributed by atoms with Crippen LogP contribution in [-0.4, -0.2) is 16.9 Å². The third kappa shape index (κ3) is 0.939. The number of rotatable bonds is 0. The maximum atomic E-state index is 11.6. The van der Waals surface area contributed by atoms with Crippen LogP contribution in [0.15, 0.2) is 0 Å². The summed E-state index contributed by atoms with van der Waals surface area (Å²) in [6.07, 6.45) is 3.03. The molecule has 0 aromatic carbocycles. The van der Waals surface area contributed by atoms with Crippen LogP contribution >= 0.6 is 0 Å². The van der Waals surface area contributed by atoms with Gasteiger partial charge in [0, 0.05) is 12.0 Å². The zero-order chi connectivity index (χ0) is 8.98. The molecule has 0 spiro atoms. The van der Waals surface area contributed by atoms with E-state index in [0.717, 1.165) is 12.8 Å². The molecule has 0 unspecified atom stereocenters. The molecule has 0 aromatic heterocycles. The fraction of sp³-hybridized carbons (Fsp3) is 0.900. The summed E-state index contributed by atoms with van der Waals surface area (Å²) in [5.41, 5.74) is -0.0425. The van der Waals surface area contributed by atoms with Crippen LogP contribution in [0.5, 0.6) is 0 Å². The maximum Gasteiger partial charge on any atom is 0.152 e. The second kappa shape index (κ2) is 2.11. The number of carbonyl (C=O) groups is 1. The molecule has 2 heteroatoms. The smallest absolute Gasteiger partial charge is 0.152 e. The molecule has 12 heavy (non-hydrogen) atoms. The Labute approximate surface area is 73.7 Å². The van der Waals surface area contributed by atoms with Crippen molar-refractivity contribution in [2.45, 2.75) is 51.1 Å². The first-order chi connectivity index (χ1) is 5.44. The van der Waals surface area contributed by atoms with Crippen LogP contribution in [0, 0.1) is 5.92 Å². The van der Waals surface area contributed by atoms with Gasteiger partial charge in [-0.1, -0.05) is 0 Å². The van der Waals surface area contributed by atoms with E-state index in [1.165, 1.54) is 6.42 Å². The predicted octanol–water partition coefficient (Wildman–Crippen LogP) is 1.50. The van der Waals surface area contributed by atoms with Gasteiger partial charge in [-0.3, -0.25) is 10.1 Å². The minimum atomic E-state index is -0.210. The Hall–Kier alpha value is -0.370. The van der Waals surface area contributed by atoms with E-state index < -0.39 is 0 Å². The second-order valence-electron chi connectivity index (χ2n) is 5.04. The molecular weight excluding hydrogens is 150 g/mol. The molecule has 1 N–H and O–H groups in total. The maximum absolute atomic E-state index is 11.6. The topological polar surface area (TPSA) is 29.1 Å². The number of piperidine rings is 2. The van der Waals surface area contributed by atoms with Crippen LogP contribution in [0.1, 0.15) is 40.0 Å². The summed E-state index contributed by atoms with van der Waals surface area (Å²) in [5, 5.41) is 3.47. The van der Waals surface area contributed by atoms with Crippen molar-refractivity contribution in [1.82, 2.24) is 5.32 Å². The number of Topliss-reactive ketones (excluding diaryl/α,β-unsaturated/α-hetero) is 1. The summed E-state index contributed by atoms with van der Waals surface area (Å²) in [6, 6.07) is 0. The zero-order valence-corrected chi connectivity index (χ0v) is 8.11. The van der Waals surface area contributed by atoms with Crippen LogP contribution in [0.3, 0.4) is 0 Å². The molecule has 2 aliphatic heterocycles. The Bertz CT molecular complexity index is 234. The molecule has 1 saturated carbocycles. The molecule has 0 radical (unpaired) electrons. The molecule has 0 aromatic rings. The highest BCUT2D eigenvalue weighted by Crippen LogP contribution is 2.42. The van der Waals surface area contributed by atoms with Gasteiger partial charge in [0.2, 0.25) is 0 Å². The number of ketones is 1. The highest BCUT2D eigenvalue weighted by atomic mass is 16.1. The quantitative estimate of drug-likeness (QED) is 0.592. The first-order valence-corrected chi connectivity index (χ1v) is 4.77. The SMILES string of the molecule is CC1(C)N[C@@]2(C)CC[C@H]1CC2=O. The van der Waals surface area contributed by atoms with E-state index in [2.05, 4.69) is 19.2 Å². The van der Waals surface area contributed by atoms with Crippen molar-refractivity contribution in [3.8, 4) is 0 Å². The average molecular weight is 167 g/mol. The zero-order valence-electron chi connectivity index (χ0n) is 8.11. The van der Waals surface area contributed by atoms with Gasteiger partial charge < -0.3 is 0 Å². The molecule has 2 heterocycles. The van der Waals surface area contributed by atoms with Gasteiger partial charge in [0.05, 0.1) is 5.54 Å². The van der Waals surface area contributed by atoms with Gasteiger partial charge in [0.1, 0.15) is 0 Å². The monoisotopic (exact) mass is 167 g/mol. The second-order valence-corrected chi connectivity index (χ2v) is 5.04. The number of hydrogen-bond acceptors (Lipinski definition) is 2. The third-order valence-corrected chi connectivity index (χ3v) is 3.66. The first kappa shape index (κ1) is 8.24. The van der Waals surface area contributed by atoms with E-state index in [9.17, 15) is 4.79 Å². The van der Waals surface area contributed by atoms with Crippen molar-refractivity contribution in [2.75, 3.05) is 0 Å². The molecule has 2 nitrogen and oxygen atoms in total. The Morgan fingerprint density at radius 2 is 2.08 bits per heavy atom. The lowest BCUT2D eigenvalue weighted by molar-refractivity contribution is -0.136. The van der Waals surface area contributed by atoms with Gasteiger partial charge in [0.25, 0.3) is 0 Å². The lowest BCUT2D eigenvalue weighted by Gasteiger charge is -2.53. The number of hydrogen-bond donors (Lipinski definition) is 1. The Kier molecular flexibility index (Phi) is 1.45. The molecular formula is C10H17NO. The molecule has 3 fully saturated rings. The summed E-state index contributed by atoms with van der Waals surface area (Å²) in [7, 11) is 0. The van der Waals surface area contributed by atoms with Crippen molar-refractivity contribution in [2.24, 2.45) is 5.92 Å². The standard InChI is InChI=1S/C10H17NO/c1-9(2)7-4-5-10(3,11-9)8(12)6-7/h7,11H,4-6H2,1-3H3/t7-,10-/m0/s1. The normalized spacial score (nSPS) is 44.9. The van der Waals surface area contributed by atoms with Crippen LogP contribution in [-0.2, 0) is 4.79 Å². The van der Waals surface area contributed by atoms with Crippen molar-refractivity contribution < 1.29 is 4.79 Å². The minimum absolute atomic E-state index is 0.168. The average Bonchev–Trinajstić information content (AvgIpc) is 1.91. The van der Waals surface area contributed by atoms with Gasteiger partial charge in [-0.15, -0.1) is 0 Å². The molecule has 2 bridgehead atoms. The van der Waals surface area contributed by atoms with Gasteiger partial charge in [0.15, 0.2) is 5.78 Å². The number of carbonyl (C=O) groups excluding carboxylic acids is 1. The molecule has 1 aliphatic carbocycles. The molecule has 68 valence electrons. The molecule has 0 amide bonds. The lowest BCUT2D eigenvalue weighted by atomic mass is 9.64. The van der Waals surface area contributed by atoms with Gasteiger partial charge in [-0.25, -0.2) is 0 Å². The Balaban J connectivity index is 2.32. The summed E-state index contributed by atoms with van der Waals surface area (Å²) in [4.78, 5) is 11.6. The van der Waals surface area contributed by atoms with Crippen molar-refractivity contribution >= 4 is 5.78 Å². The summed E-state index contributed by atoms with van der Waals surface area (Å²) in [5.74, 6) is 0.977. The molecule has 2 atom stereocenters. The van der Waals surface area contributed by atoms with Crippen molar-refractivity contribution in [3.05, 3.63) is 0 Å². The van der Waals surface area contributed by atoms with Crippen LogP contribution in [0.4, 0.5) is 0 Å². The van der Waals surface area contributed by atoms with Crippen LogP contribution < -0.4 is 5.32 Å². The van der Waals surface area contributed by atoms with E-state index in [1.807, 2.05) is 6.92 Å². The fourth-order valence-corrected chi connectivity index (χ4v) is 2.71. The predicted molar refractivity (Wildman–Crippen MR) is 48.0 cm³/mol. The van der Waals surface area contributed by atoms with Gasteiger partial charge in [-0.2, -0.15) is 0 Å². The van der Waals surface area contributed by atoms with Crippen molar-refractivity contribution in [1.29, 1.82) is 0 Å². The van der Waals surface area contributed by atoms with E-state index in [-0.39, 0.29) is 11.1 Å². The fourth-order valence-electron chi connectivity index (χ4n) is 2.71. The van der Waals surface area contributed by atoms with Crippen molar-refractivity contribution in [3.63, 3.8) is 0 Å². The summed E-state index contributed by atoms with van der Waals surface area (Å²) < 4.78 is 0. The molecule has 3 rings (SSSR count). The van der Waals surface area contributed by atoms with E-state index in [0.29, 0.717) is 11.7 Å². The van der Waals surface area contributed by atoms with E-state index in [4.69, 9.17) is 0 Å². The highest BCUT2D eigenvalue weighted by molar-refractivity contribution is 5.90. The van der Waals surface area contributed by atoms with Gasteiger partial charge >= 0.3 is 0 Å². The largest absolute Gasteiger partial charge is 0.300 e. The number of fused-ring (bicyclic) bond motifs is 3. The summed E-state index contributed by atoms with van der Waals surface area (Å²) >= 11 is 0. The van der Waals surface area contributed by atoms with E-state index in [1.54, 1.807) is 0 Å². The summed E-state index contributed by atoms with van der Waals surface area (Å²) in [6.45, 7) is 6.47. The lowest BCUT2D eigenvalue weighted by Crippen LogP contribution is -2.69. The first-order valence-electron chi connectivity index (χ1n) is 4.77. The van der Waals surface area contributed by atoms with E-state index >= 15 is 0 Å². The Morgan fingerprint density at radius 1 is 1.42 bits per heavy atom. The molecule has 3 aliphatic rings.